The number of fused-ring (bicyclic) bond motifs is 1. The van der Waals surface area contributed by atoms with Gasteiger partial charge < -0.3 is 0 Å². The summed E-state index contributed by atoms with van der Waals surface area (Å²) in [6.07, 6.45) is 5.32. The Morgan fingerprint density at radius 3 is 2.79 bits per heavy atom. The minimum atomic E-state index is 0.0804. The molecule has 0 saturated heterocycles. The van der Waals surface area contributed by atoms with Gasteiger partial charge in [0.15, 0.2) is 0 Å². The number of rotatable bonds is 1. The van der Waals surface area contributed by atoms with Gasteiger partial charge in [-0.15, -0.1) is 0 Å². The Morgan fingerprint density at radius 1 is 1.21 bits per heavy atom. The molecule has 3 rings (SSSR count). The van der Waals surface area contributed by atoms with Gasteiger partial charge in [0.1, 0.15) is 0 Å². The number of nitrogens with one attached hydrogen (secondary N) is 1. The molecular formula is C15H17ClN2O. The van der Waals surface area contributed by atoms with Crippen LogP contribution in [0.15, 0.2) is 23.0 Å². The smallest absolute Gasteiger partial charge is 0.274 e. The molecule has 1 N–H and O–H groups in total. The van der Waals surface area contributed by atoms with E-state index in [9.17, 15) is 4.79 Å². The number of hydrogen-bond donors (Lipinski definition) is 1. The fourth-order valence-corrected chi connectivity index (χ4v) is 2.84. The molecule has 0 atom stereocenters. The SMILES string of the molecule is Cc1ccc(-n2[nH]c3c(c2=O)CCCCC3)cc1Cl. The van der Waals surface area contributed by atoms with Crippen LogP contribution in [-0.2, 0) is 12.8 Å². The van der Waals surface area contributed by atoms with Gasteiger partial charge in [-0.05, 0) is 50.3 Å². The predicted octanol–water partition coefficient (Wildman–Crippen LogP) is 3.40. The Labute approximate surface area is 117 Å². The van der Waals surface area contributed by atoms with E-state index in [0.29, 0.717) is 5.02 Å². The zero-order chi connectivity index (χ0) is 13.4. The van der Waals surface area contributed by atoms with Crippen molar-refractivity contribution < 1.29 is 0 Å². The molecule has 1 aromatic heterocycles. The first-order valence-corrected chi connectivity index (χ1v) is 7.14. The van der Waals surface area contributed by atoms with Gasteiger partial charge in [0.25, 0.3) is 5.56 Å². The monoisotopic (exact) mass is 276 g/mol. The van der Waals surface area contributed by atoms with Gasteiger partial charge >= 0.3 is 0 Å². The van der Waals surface area contributed by atoms with Gasteiger partial charge in [-0.2, -0.15) is 0 Å². The third-order valence-corrected chi connectivity index (χ3v) is 4.25. The summed E-state index contributed by atoms with van der Waals surface area (Å²) in [6.45, 7) is 1.96. The van der Waals surface area contributed by atoms with Gasteiger partial charge in [0, 0.05) is 16.3 Å². The van der Waals surface area contributed by atoms with E-state index in [4.69, 9.17) is 11.6 Å². The lowest BCUT2D eigenvalue weighted by Gasteiger charge is -2.04. The zero-order valence-corrected chi connectivity index (χ0v) is 11.8. The molecule has 3 nitrogen and oxygen atoms in total. The molecule has 4 heteroatoms. The van der Waals surface area contributed by atoms with Crippen LogP contribution in [0.3, 0.4) is 0 Å². The molecule has 0 fully saturated rings. The first kappa shape index (κ1) is 12.5. The van der Waals surface area contributed by atoms with Crippen molar-refractivity contribution in [1.82, 2.24) is 9.78 Å². The normalized spacial score (nSPS) is 15.1. The van der Waals surface area contributed by atoms with Crippen LogP contribution in [-0.4, -0.2) is 9.78 Å². The van der Waals surface area contributed by atoms with E-state index < -0.39 is 0 Å². The van der Waals surface area contributed by atoms with Crippen molar-refractivity contribution in [3.8, 4) is 5.69 Å². The Morgan fingerprint density at radius 2 is 2.00 bits per heavy atom. The van der Waals surface area contributed by atoms with Crippen molar-refractivity contribution in [1.29, 1.82) is 0 Å². The lowest BCUT2D eigenvalue weighted by atomic mass is 10.1. The highest BCUT2D eigenvalue weighted by atomic mass is 35.5. The van der Waals surface area contributed by atoms with Crippen molar-refractivity contribution in [2.75, 3.05) is 0 Å². The van der Waals surface area contributed by atoms with Crippen LogP contribution in [0.25, 0.3) is 5.69 Å². The molecular weight excluding hydrogens is 260 g/mol. The van der Waals surface area contributed by atoms with E-state index in [1.807, 2.05) is 25.1 Å². The highest BCUT2D eigenvalue weighted by Gasteiger charge is 2.17. The lowest BCUT2D eigenvalue weighted by Crippen LogP contribution is -2.17. The maximum absolute atomic E-state index is 12.5. The van der Waals surface area contributed by atoms with E-state index in [2.05, 4.69) is 5.10 Å². The average molecular weight is 277 g/mol. The molecule has 0 spiro atoms. The van der Waals surface area contributed by atoms with E-state index in [1.165, 1.54) is 6.42 Å². The Balaban J connectivity index is 2.11. The molecule has 1 aliphatic rings. The lowest BCUT2D eigenvalue weighted by molar-refractivity contribution is 0.690. The van der Waals surface area contributed by atoms with Crippen molar-refractivity contribution in [2.24, 2.45) is 0 Å². The maximum Gasteiger partial charge on any atom is 0.274 e. The van der Waals surface area contributed by atoms with Crippen LogP contribution < -0.4 is 5.56 Å². The van der Waals surface area contributed by atoms with Crippen molar-refractivity contribution >= 4 is 11.6 Å². The van der Waals surface area contributed by atoms with E-state index in [0.717, 1.165) is 48.2 Å². The van der Waals surface area contributed by atoms with Crippen molar-refractivity contribution in [3.05, 3.63) is 50.4 Å². The molecule has 0 bridgehead atoms. The zero-order valence-electron chi connectivity index (χ0n) is 11.0. The van der Waals surface area contributed by atoms with Crippen LogP contribution in [0.4, 0.5) is 0 Å². The van der Waals surface area contributed by atoms with Crippen LogP contribution in [0.1, 0.15) is 36.1 Å². The second-order valence-corrected chi connectivity index (χ2v) is 5.61. The number of hydrogen-bond acceptors (Lipinski definition) is 1. The number of aryl methyl sites for hydroxylation is 2. The maximum atomic E-state index is 12.5. The van der Waals surface area contributed by atoms with Crippen LogP contribution >= 0.6 is 11.6 Å². The van der Waals surface area contributed by atoms with Gasteiger partial charge in [0.05, 0.1) is 5.69 Å². The van der Waals surface area contributed by atoms with Gasteiger partial charge in [-0.25, -0.2) is 4.68 Å². The summed E-state index contributed by atoms with van der Waals surface area (Å²) in [7, 11) is 0. The number of nitrogens with zero attached hydrogens (tertiary/aromatic N) is 1. The second-order valence-electron chi connectivity index (χ2n) is 5.20. The number of benzene rings is 1. The Kier molecular flexibility index (Phi) is 3.23. The summed E-state index contributed by atoms with van der Waals surface area (Å²) < 4.78 is 1.63. The standard InChI is InChI=1S/C15H17ClN2O/c1-10-7-8-11(9-13(10)16)18-15(19)12-5-3-2-4-6-14(12)17-18/h7-9,17H,2-6H2,1H3. The predicted molar refractivity (Wildman–Crippen MR) is 77.4 cm³/mol. The number of H-pyrrole nitrogens is 1. The van der Waals surface area contributed by atoms with Crippen LogP contribution in [0, 0.1) is 6.92 Å². The van der Waals surface area contributed by atoms with Crippen molar-refractivity contribution in [2.45, 2.75) is 39.0 Å². The number of aromatic amines is 1. The number of aromatic nitrogens is 2. The van der Waals surface area contributed by atoms with Gasteiger partial charge in [0.2, 0.25) is 0 Å². The minimum absolute atomic E-state index is 0.0804. The molecule has 1 aromatic carbocycles. The summed E-state index contributed by atoms with van der Waals surface area (Å²) in [5, 5.41) is 3.94. The molecule has 0 saturated carbocycles. The molecule has 0 unspecified atom stereocenters. The summed E-state index contributed by atoms with van der Waals surface area (Å²) in [6, 6.07) is 5.71. The summed E-state index contributed by atoms with van der Waals surface area (Å²) in [4.78, 5) is 12.5. The van der Waals surface area contributed by atoms with Gasteiger partial charge in [-0.3, -0.25) is 9.89 Å². The highest BCUT2D eigenvalue weighted by molar-refractivity contribution is 6.31. The largest absolute Gasteiger partial charge is 0.295 e. The van der Waals surface area contributed by atoms with Crippen LogP contribution in [0.2, 0.25) is 5.02 Å². The minimum Gasteiger partial charge on any atom is -0.295 e. The van der Waals surface area contributed by atoms with E-state index in [1.54, 1.807) is 4.68 Å². The molecule has 19 heavy (non-hydrogen) atoms. The van der Waals surface area contributed by atoms with Gasteiger partial charge in [-0.1, -0.05) is 24.1 Å². The summed E-state index contributed by atoms with van der Waals surface area (Å²) >= 11 is 6.14. The highest BCUT2D eigenvalue weighted by Crippen LogP contribution is 2.21. The van der Waals surface area contributed by atoms with E-state index in [-0.39, 0.29) is 5.56 Å². The summed E-state index contributed by atoms with van der Waals surface area (Å²) in [5.41, 5.74) is 3.96. The first-order valence-electron chi connectivity index (χ1n) is 6.76. The Bertz CT molecular complexity index is 669. The molecule has 0 radical (unpaired) electrons. The second kappa shape index (κ2) is 4.89. The third-order valence-electron chi connectivity index (χ3n) is 3.84. The molecule has 2 aromatic rings. The quantitative estimate of drug-likeness (QED) is 0.797. The average Bonchev–Trinajstić information content (AvgIpc) is 2.59. The van der Waals surface area contributed by atoms with Crippen LogP contribution in [0.5, 0.6) is 0 Å². The topological polar surface area (TPSA) is 37.8 Å². The molecule has 0 aliphatic heterocycles. The molecule has 0 amide bonds. The fourth-order valence-electron chi connectivity index (χ4n) is 2.66. The first-order chi connectivity index (χ1) is 9.16. The van der Waals surface area contributed by atoms with E-state index >= 15 is 0 Å². The molecule has 100 valence electrons. The Hall–Kier alpha value is -1.48. The summed E-state index contributed by atoms with van der Waals surface area (Å²) in [5.74, 6) is 0. The molecule has 1 heterocycles. The third kappa shape index (κ3) is 2.23. The fraction of sp³-hybridized carbons (Fsp3) is 0.400. The van der Waals surface area contributed by atoms with Crippen molar-refractivity contribution in [3.63, 3.8) is 0 Å². The molecule has 1 aliphatic carbocycles. The number of halogens is 1.